The molecule has 398 valence electrons. The van der Waals surface area contributed by atoms with Crippen LogP contribution >= 0.6 is 0 Å². The van der Waals surface area contributed by atoms with Crippen molar-refractivity contribution in [1.82, 2.24) is 0 Å². The summed E-state index contributed by atoms with van der Waals surface area (Å²) >= 11 is 0. The molecule has 0 atom stereocenters. The van der Waals surface area contributed by atoms with Crippen molar-refractivity contribution in [2.24, 2.45) is 0 Å². The molecule has 17 rings (SSSR count). The summed E-state index contributed by atoms with van der Waals surface area (Å²) in [4.78, 5) is 4.68. The lowest BCUT2D eigenvalue weighted by Crippen LogP contribution is -2.10. The Morgan fingerprint density at radius 3 is 0.953 bits per heavy atom. The Morgan fingerprint density at radius 1 is 0.212 bits per heavy atom. The third-order valence-electron chi connectivity index (χ3n) is 17.0. The first-order valence-electron chi connectivity index (χ1n) is 28.9. The molecule has 3 heterocycles. The standard InChI is InChI=1S/C80H50N2O3/c1-5-17-51(18-6-1)53-33-39-59(40-34-53)81(71-31-15-29-69-67-27-13-25-65(77(67)84-79(69)71)55-21-9-3-10-22-55)61-43-45-63-57(49-61)37-47-73-75(63)76-64-46-44-62(50-58(64)38-48-74(76)83-73)82(60-41-35-54(36-42-60)52-19-7-2-8-20-52)72-32-16-30-70-68-28-14-26-66(78(68)85-80(70)72)56-23-11-4-12-24-56/h1-50H. The Labute approximate surface area is 489 Å². The summed E-state index contributed by atoms with van der Waals surface area (Å²) in [7, 11) is 0. The summed E-state index contributed by atoms with van der Waals surface area (Å²) in [6.07, 6.45) is 0. The molecule has 0 radical (unpaired) electrons. The van der Waals surface area contributed by atoms with Crippen molar-refractivity contribution in [2.45, 2.75) is 0 Å². The number of hydrogen-bond donors (Lipinski definition) is 0. The molecule has 85 heavy (non-hydrogen) atoms. The maximum Gasteiger partial charge on any atom is 0.159 e. The Hall–Kier alpha value is -11.4. The van der Waals surface area contributed by atoms with Crippen LogP contribution in [-0.2, 0) is 0 Å². The number of para-hydroxylation sites is 4. The SMILES string of the molecule is c1ccc(-c2ccc(N(c3ccc4c(ccc5oc6ccc7cc(N(c8ccc(-c9ccccc9)cc8)c8cccc9c8oc8c(-c%10ccccc%10)cccc89)ccc7c6c54)c3)c3cccc4c3oc3c(-c5ccccc5)cccc34)cc2)cc1. The van der Waals surface area contributed by atoms with Gasteiger partial charge in [0.2, 0.25) is 0 Å². The van der Waals surface area contributed by atoms with Crippen LogP contribution in [0.15, 0.2) is 317 Å². The van der Waals surface area contributed by atoms with Crippen LogP contribution < -0.4 is 9.80 Å². The largest absolute Gasteiger partial charge is 0.456 e. The summed E-state index contributed by atoms with van der Waals surface area (Å²) in [5.41, 5.74) is 20.0. The van der Waals surface area contributed by atoms with Crippen molar-refractivity contribution in [3.63, 3.8) is 0 Å². The molecule has 0 aliphatic carbocycles. The molecule has 0 amide bonds. The monoisotopic (exact) mass is 1090 g/mol. The van der Waals surface area contributed by atoms with Crippen LogP contribution in [0.2, 0.25) is 0 Å². The zero-order chi connectivity index (χ0) is 56.0. The fraction of sp³-hybridized carbons (Fsp3) is 0. The van der Waals surface area contributed by atoms with Crippen molar-refractivity contribution >= 4 is 121 Å². The van der Waals surface area contributed by atoms with Crippen molar-refractivity contribution in [1.29, 1.82) is 0 Å². The summed E-state index contributed by atoms with van der Waals surface area (Å²) in [6.45, 7) is 0. The van der Waals surface area contributed by atoms with E-state index in [0.717, 1.165) is 155 Å². The van der Waals surface area contributed by atoms with Gasteiger partial charge >= 0.3 is 0 Å². The third kappa shape index (κ3) is 8.01. The lowest BCUT2D eigenvalue weighted by molar-refractivity contribution is 0.669. The van der Waals surface area contributed by atoms with Gasteiger partial charge < -0.3 is 23.1 Å². The number of rotatable bonds is 10. The predicted molar refractivity (Wildman–Crippen MR) is 354 cm³/mol. The smallest absolute Gasteiger partial charge is 0.159 e. The molecule has 0 saturated heterocycles. The molecule has 0 unspecified atom stereocenters. The highest BCUT2D eigenvalue weighted by Crippen LogP contribution is 2.49. The number of hydrogen-bond acceptors (Lipinski definition) is 5. The van der Waals surface area contributed by atoms with E-state index in [9.17, 15) is 0 Å². The first kappa shape index (κ1) is 48.3. The van der Waals surface area contributed by atoms with Crippen molar-refractivity contribution < 1.29 is 13.3 Å². The van der Waals surface area contributed by atoms with Gasteiger partial charge in [-0.3, -0.25) is 0 Å². The fourth-order valence-corrected chi connectivity index (χ4v) is 13.1. The lowest BCUT2D eigenvalue weighted by atomic mass is 9.98. The van der Waals surface area contributed by atoms with Gasteiger partial charge in [-0.05, 0) is 128 Å². The van der Waals surface area contributed by atoms with E-state index in [0.29, 0.717) is 0 Å². The summed E-state index contributed by atoms with van der Waals surface area (Å²) in [6, 6.07) is 108. The minimum absolute atomic E-state index is 0.824. The van der Waals surface area contributed by atoms with E-state index in [4.69, 9.17) is 13.3 Å². The predicted octanol–water partition coefficient (Wildman–Crippen LogP) is 23.3. The van der Waals surface area contributed by atoms with Gasteiger partial charge in [0.05, 0.1) is 11.4 Å². The van der Waals surface area contributed by atoms with Crippen LogP contribution in [0.5, 0.6) is 0 Å². The summed E-state index contributed by atoms with van der Waals surface area (Å²) < 4.78 is 21.0. The average Bonchev–Trinajstić information content (AvgIpc) is 2.05. The molecule has 0 N–H and O–H groups in total. The Morgan fingerprint density at radius 2 is 0.553 bits per heavy atom. The Kier molecular flexibility index (Phi) is 11.2. The highest BCUT2D eigenvalue weighted by atomic mass is 16.3. The van der Waals surface area contributed by atoms with Crippen molar-refractivity contribution in [3.8, 4) is 44.5 Å². The maximum atomic E-state index is 7.09. The number of fused-ring (bicyclic) bond motifs is 13. The van der Waals surface area contributed by atoms with Crippen molar-refractivity contribution in [3.05, 3.63) is 303 Å². The molecular weight excluding hydrogens is 1040 g/mol. The van der Waals surface area contributed by atoms with Gasteiger partial charge in [-0.1, -0.05) is 231 Å². The van der Waals surface area contributed by atoms with Gasteiger partial charge in [-0.25, -0.2) is 0 Å². The minimum Gasteiger partial charge on any atom is -0.456 e. The molecule has 3 aromatic heterocycles. The van der Waals surface area contributed by atoms with Crippen LogP contribution in [0.25, 0.3) is 132 Å². The highest BCUT2D eigenvalue weighted by Gasteiger charge is 2.25. The molecule has 0 aliphatic rings. The van der Waals surface area contributed by atoms with Crippen LogP contribution in [0, 0.1) is 0 Å². The van der Waals surface area contributed by atoms with Crippen molar-refractivity contribution in [2.75, 3.05) is 9.80 Å². The van der Waals surface area contributed by atoms with E-state index < -0.39 is 0 Å². The topological polar surface area (TPSA) is 45.9 Å². The number of nitrogens with zero attached hydrogens (tertiary/aromatic N) is 2. The molecule has 5 nitrogen and oxygen atoms in total. The van der Waals surface area contributed by atoms with Gasteiger partial charge in [-0.15, -0.1) is 0 Å². The number of benzene rings is 14. The molecule has 14 aromatic carbocycles. The van der Waals surface area contributed by atoms with Crippen LogP contribution in [-0.4, -0.2) is 0 Å². The second-order valence-corrected chi connectivity index (χ2v) is 21.9. The quantitative estimate of drug-likeness (QED) is 0.137. The van der Waals surface area contributed by atoms with Gasteiger partial charge in [0, 0.05) is 66.2 Å². The van der Waals surface area contributed by atoms with Crippen LogP contribution in [0.4, 0.5) is 34.1 Å². The average molecular weight is 1090 g/mol. The van der Waals surface area contributed by atoms with Crippen LogP contribution in [0.1, 0.15) is 0 Å². The van der Waals surface area contributed by atoms with Gasteiger partial charge in [0.25, 0.3) is 0 Å². The van der Waals surface area contributed by atoms with E-state index in [1.54, 1.807) is 0 Å². The molecule has 5 heteroatoms. The second kappa shape index (κ2) is 19.7. The molecule has 0 saturated carbocycles. The molecule has 0 fully saturated rings. The Balaban J connectivity index is 0.820. The summed E-state index contributed by atoms with van der Waals surface area (Å²) in [5, 5.41) is 10.8. The van der Waals surface area contributed by atoms with Crippen LogP contribution in [0.3, 0.4) is 0 Å². The Bertz CT molecular complexity index is 5060. The normalized spacial score (nSPS) is 11.8. The molecule has 0 aliphatic heterocycles. The number of furan rings is 3. The molecule has 0 spiro atoms. The fourth-order valence-electron chi connectivity index (χ4n) is 13.1. The second-order valence-electron chi connectivity index (χ2n) is 21.9. The molecule has 0 bridgehead atoms. The molecular formula is C80H50N2O3. The summed E-state index contributed by atoms with van der Waals surface area (Å²) in [5.74, 6) is 0. The maximum absolute atomic E-state index is 7.09. The highest BCUT2D eigenvalue weighted by molar-refractivity contribution is 6.27. The van der Waals surface area contributed by atoms with Gasteiger partial charge in [-0.2, -0.15) is 0 Å². The first-order chi connectivity index (χ1) is 42.1. The zero-order valence-electron chi connectivity index (χ0n) is 46.0. The zero-order valence-corrected chi connectivity index (χ0v) is 46.0. The molecule has 17 aromatic rings. The van der Waals surface area contributed by atoms with E-state index in [1.165, 1.54) is 11.1 Å². The number of anilines is 6. The van der Waals surface area contributed by atoms with E-state index in [1.807, 2.05) is 0 Å². The lowest BCUT2D eigenvalue weighted by Gasteiger charge is -2.26. The van der Waals surface area contributed by atoms with E-state index in [-0.39, 0.29) is 0 Å². The first-order valence-corrected chi connectivity index (χ1v) is 28.9. The van der Waals surface area contributed by atoms with E-state index in [2.05, 4.69) is 313 Å². The van der Waals surface area contributed by atoms with Gasteiger partial charge in [0.15, 0.2) is 11.2 Å². The minimum atomic E-state index is 0.824. The van der Waals surface area contributed by atoms with E-state index >= 15 is 0 Å². The van der Waals surface area contributed by atoms with Gasteiger partial charge in [0.1, 0.15) is 22.3 Å². The third-order valence-corrected chi connectivity index (χ3v) is 17.0.